The molecular weight excluding hydrogens is 308 g/mol. The van der Waals surface area contributed by atoms with Crippen LogP contribution in [0.5, 0.6) is 0 Å². The van der Waals surface area contributed by atoms with Crippen LogP contribution >= 0.6 is 11.3 Å². The molecule has 3 heterocycles. The molecule has 0 unspecified atom stereocenters. The number of amides is 1. The Balaban J connectivity index is 2.27. The van der Waals surface area contributed by atoms with Gasteiger partial charge in [0.1, 0.15) is 11.7 Å². The Morgan fingerprint density at radius 3 is 2.68 bits per heavy atom. The lowest BCUT2D eigenvalue weighted by molar-refractivity contribution is -0.509. The first-order valence-electron chi connectivity index (χ1n) is 6.74. The van der Waals surface area contributed by atoms with Crippen LogP contribution in [0.25, 0.3) is 0 Å². The molecular formula is C13H14N4O4S. The third kappa shape index (κ3) is 2.05. The number of H-pyrrole nitrogens is 1. The number of nitro groups is 1. The van der Waals surface area contributed by atoms with Crippen LogP contribution in [-0.2, 0) is 4.79 Å². The highest BCUT2D eigenvalue weighted by Crippen LogP contribution is 2.38. The Bertz CT molecular complexity index is 790. The van der Waals surface area contributed by atoms with Gasteiger partial charge in [0.15, 0.2) is 0 Å². The molecule has 2 aromatic rings. The predicted molar refractivity (Wildman–Crippen MR) is 81.0 cm³/mol. The first-order valence-corrected chi connectivity index (χ1v) is 7.62. The van der Waals surface area contributed by atoms with E-state index in [1.165, 1.54) is 16.0 Å². The molecule has 0 saturated carbocycles. The van der Waals surface area contributed by atoms with E-state index in [1.54, 1.807) is 17.5 Å². The molecule has 22 heavy (non-hydrogen) atoms. The maximum absolute atomic E-state index is 12.3. The van der Waals surface area contributed by atoms with Crippen molar-refractivity contribution in [3.8, 4) is 0 Å². The third-order valence-corrected chi connectivity index (χ3v) is 4.65. The minimum absolute atomic E-state index is 0.0899. The summed E-state index contributed by atoms with van der Waals surface area (Å²) in [5.74, 6) is -1.26. The quantitative estimate of drug-likeness (QED) is 0.659. The molecule has 0 aliphatic carbocycles. The predicted octanol–water partition coefficient (Wildman–Crippen LogP) is 1.55. The standard InChI is InChI=1S/C13H14N4O4S/c1-6(2)16-11-9(12(18)15-16)8(7-4-3-5-22-7)10(17(20)21)13(19)14-11/h3-6,8,10H,1-2H3,(H,14,19)(H,15,18)/t8-,10-/m1/s1. The summed E-state index contributed by atoms with van der Waals surface area (Å²) < 4.78 is 1.53. The van der Waals surface area contributed by atoms with Gasteiger partial charge in [0.2, 0.25) is 0 Å². The largest absolute Gasteiger partial charge is 0.305 e. The number of hydrogen-bond donors (Lipinski definition) is 2. The van der Waals surface area contributed by atoms with Crippen LogP contribution in [0.2, 0.25) is 0 Å². The van der Waals surface area contributed by atoms with Crippen LogP contribution in [0.15, 0.2) is 22.3 Å². The average Bonchev–Trinajstić information content (AvgIpc) is 3.05. The van der Waals surface area contributed by atoms with Gasteiger partial charge in [-0.1, -0.05) is 6.07 Å². The number of aromatic amines is 1. The Hall–Kier alpha value is -2.42. The molecule has 0 aromatic carbocycles. The lowest BCUT2D eigenvalue weighted by Gasteiger charge is -2.25. The van der Waals surface area contributed by atoms with Crippen molar-refractivity contribution in [3.05, 3.63) is 48.4 Å². The minimum Gasteiger partial charge on any atom is -0.305 e. The Labute approximate surface area is 128 Å². The lowest BCUT2D eigenvalue weighted by Crippen LogP contribution is -2.45. The van der Waals surface area contributed by atoms with Crippen LogP contribution in [0, 0.1) is 10.1 Å². The summed E-state index contributed by atoms with van der Waals surface area (Å²) in [7, 11) is 0. The molecule has 0 radical (unpaired) electrons. The molecule has 0 spiro atoms. The van der Waals surface area contributed by atoms with Gasteiger partial charge in [-0.2, -0.15) is 0 Å². The Kier molecular flexibility index (Phi) is 3.36. The maximum atomic E-state index is 12.3. The van der Waals surface area contributed by atoms with Gasteiger partial charge in [-0.25, -0.2) is 0 Å². The molecule has 3 rings (SSSR count). The summed E-state index contributed by atoms with van der Waals surface area (Å²) >= 11 is 1.30. The van der Waals surface area contributed by atoms with E-state index in [-0.39, 0.29) is 11.6 Å². The van der Waals surface area contributed by atoms with Crippen molar-refractivity contribution < 1.29 is 9.72 Å². The second-order valence-electron chi connectivity index (χ2n) is 5.38. The summed E-state index contributed by atoms with van der Waals surface area (Å²) in [4.78, 5) is 35.9. The van der Waals surface area contributed by atoms with Gasteiger partial charge in [-0.05, 0) is 25.3 Å². The summed E-state index contributed by atoms with van der Waals surface area (Å²) in [6.45, 7) is 3.70. The number of hydrogen-bond acceptors (Lipinski definition) is 5. The van der Waals surface area contributed by atoms with E-state index in [4.69, 9.17) is 0 Å². The van der Waals surface area contributed by atoms with E-state index in [2.05, 4.69) is 10.4 Å². The smallest absolute Gasteiger partial charge is 0.302 e. The molecule has 1 aliphatic heterocycles. The van der Waals surface area contributed by atoms with Crippen molar-refractivity contribution in [1.29, 1.82) is 0 Å². The highest BCUT2D eigenvalue weighted by Gasteiger charge is 2.49. The molecule has 2 N–H and O–H groups in total. The summed E-state index contributed by atoms with van der Waals surface area (Å²) in [5.41, 5.74) is -0.161. The van der Waals surface area contributed by atoms with Gasteiger partial charge in [0.05, 0.1) is 5.56 Å². The van der Waals surface area contributed by atoms with Crippen molar-refractivity contribution in [2.45, 2.75) is 31.8 Å². The number of carbonyl (C=O) groups excluding carboxylic acids is 1. The molecule has 0 fully saturated rings. The van der Waals surface area contributed by atoms with E-state index < -0.39 is 28.3 Å². The first kappa shape index (κ1) is 14.5. The zero-order valence-corrected chi connectivity index (χ0v) is 12.7. The lowest BCUT2D eigenvalue weighted by atomic mass is 9.88. The zero-order valence-electron chi connectivity index (χ0n) is 11.9. The number of nitrogens with one attached hydrogen (secondary N) is 2. The number of carbonyl (C=O) groups is 1. The minimum atomic E-state index is -1.50. The molecule has 116 valence electrons. The van der Waals surface area contributed by atoms with Crippen LogP contribution in [0.1, 0.15) is 36.2 Å². The van der Waals surface area contributed by atoms with Gasteiger partial charge in [0, 0.05) is 15.8 Å². The summed E-state index contributed by atoms with van der Waals surface area (Å²) in [5, 5.41) is 18.3. The van der Waals surface area contributed by atoms with Crippen molar-refractivity contribution in [2.24, 2.45) is 0 Å². The molecule has 1 aliphatic rings. The van der Waals surface area contributed by atoms with Crippen LogP contribution < -0.4 is 10.9 Å². The normalized spacial score (nSPS) is 20.8. The van der Waals surface area contributed by atoms with Gasteiger partial charge < -0.3 is 5.32 Å². The molecule has 0 saturated heterocycles. The highest BCUT2D eigenvalue weighted by molar-refractivity contribution is 7.10. The number of anilines is 1. The van der Waals surface area contributed by atoms with Crippen molar-refractivity contribution in [3.63, 3.8) is 0 Å². The maximum Gasteiger partial charge on any atom is 0.302 e. The third-order valence-electron chi connectivity index (χ3n) is 3.69. The van der Waals surface area contributed by atoms with E-state index >= 15 is 0 Å². The first-order chi connectivity index (χ1) is 10.4. The van der Waals surface area contributed by atoms with E-state index in [0.717, 1.165) is 0 Å². The van der Waals surface area contributed by atoms with Crippen molar-refractivity contribution in [2.75, 3.05) is 5.32 Å². The number of fused-ring (bicyclic) bond motifs is 1. The average molecular weight is 322 g/mol. The molecule has 8 nitrogen and oxygen atoms in total. The Morgan fingerprint density at radius 1 is 1.41 bits per heavy atom. The molecule has 9 heteroatoms. The van der Waals surface area contributed by atoms with E-state index in [1.807, 2.05) is 13.8 Å². The van der Waals surface area contributed by atoms with Crippen LogP contribution in [-0.4, -0.2) is 26.7 Å². The monoisotopic (exact) mass is 322 g/mol. The summed E-state index contributed by atoms with van der Waals surface area (Å²) in [6, 6.07) is 1.86. The van der Waals surface area contributed by atoms with Gasteiger partial charge in [-0.15, -0.1) is 11.3 Å². The SMILES string of the molecule is CC(C)n1[nH]c(=O)c2c1NC(=O)[C@H]([N+](=O)[O-])[C@@H]2c1cccs1. The molecule has 1 amide bonds. The topological polar surface area (TPSA) is 110 Å². The van der Waals surface area contributed by atoms with Crippen LogP contribution in [0.4, 0.5) is 5.82 Å². The van der Waals surface area contributed by atoms with Crippen LogP contribution in [0.3, 0.4) is 0 Å². The van der Waals surface area contributed by atoms with Gasteiger partial charge >= 0.3 is 11.9 Å². The molecule has 0 bridgehead atoms. The van der Waals surface area contributed by atoms with E-state index in [9.17, 15) is 19.7 Å². The van der Waals surface area contributed by atoms with Gasteiger partial charge in [0.25, 0.3) is 5.56 Å². The highest BCUT2D eigenvalue weighted by atomic mass is 32.1. The number of thiophene rings is 1. The van der Waals surface area contributed by atoms with Crippen molar-refractivity contribution in [1.82, 2.24) is 9.78 Å². The number of aromatic nitrogens is 2. The van der Waals surface area contributed by atoms with E-state index in [0.29, 0.717) is 10.7 Å². The number of nitrogens with zero attached hydrogens (tertiary/aromatic N) is 2. The second-order valence-corrected chi connectivity index (χ2v) is 6.36. The molecule has 2 atom stereocenters. The summed E-state index contributed by atoms with van der Waals surface area (Å²) in [6.07, 6.45) is 0. The van der Waals surface area contributed by atoms with Crippen molar-refractivity contribution >= 4 is 23.1 Å². The van der Waals surface area contributed by atoms with Gasteiger partial charge in [-0.3, -0.25) is 29.5 Å². The second kappa shape index (κ2) is 5.09. The zero-order chi connectivity index (χ0) is 16.0. The fraction of sp³-hybridized carbons (Fsp3) is 0.385. The number of rotatable bonds is 3. The Morgan fingerprint density at radius 2 is 2.14 bits per heavy atom. The fourth-order valence-corrected chi connectivity index (χ4v) is 3.61. The molecule has 2 aromatic heterocycles. The fourth-order valence-electron chi connectivity index (χ4n) is 2.75.